The molecule has 7 nitrogen and oxygen atoms in total. The number of methoxy groups -OCH3 is 1. The molecular weight excluding hydrogens is 424 g/mol. The third-order valence-corrected chi connectivity index (χ3v) is 6.31. The number of hydrogen-bond acceptors (Lipinski definition) is 6. The predicted octanol–water partition coefficient (Wildman–Crippen LogP) is 3.29. The Bertz CT molecular complexity index is 1130. The van der Waals surface area contributed by atoms with Crippen LogP contribution in [0.2, 0.25) is 0 Å². The van der Waals surface area contributed by atoms with E-state index in [1.54, 1.807) is 55.6 Å². The largest absolute Gasteiger partial charge is 0.497 e. The summed E-state index contributed by atoms with van der Waals surface area (Å²) in [5.74, 6) is -1.44. The van der Waals surface area contributed by atoms with Crippen molar-refractivity contribution in [1.29, 1.82) is 0 Å². The summed E-state index contributed by atoms with van der Waals surface area (Å²) < 4.78 is 5.44. The van der Waals surface area contributed by atoms with Gasteiger partial charge in [-0.05, 0) is 37.3 Å². The minimum Gasteiger partial charge on any atom is -0.497 e. The highest BCUT2D eigenvalue weighted by Gasteiger charge is 2.44. The molecule has 0 radical (unpaired) electrons. The van der Waals surface area contributed by atoms with Gasteiger partial charge in [-0.2, -0.15) is 0 Å². The van der Waals surface area contributed by atoms with Crippen LogP contribution in [0.5, 0.6) is 5.75 Å². The van der Waals surface area contributed by atoms with Crippen LogP contribution in [0.3, 0.4) is 0 Å². The van der Waals surface area contributed by atoms with Crippen molar-refractivity contribution in [3.8, 4) is 5.75 Å². The van der Waals surface area contributed by atoms with E-state index in [1.807, 2.05) is 0 Å². The molecule has 1 N–H and O–H groups in total. The van der Waals surface area contributed by atoms with Crippen LogP contribution in [-0.4, -0.2) is 40.4 Å². The van der Waals surface area contributed by atoms with Gasteiger partial charge < -0.3 is 9.84 Å². The lowest BCUT2D eigenvalue weighted by atomic mass is 10.1. The molecule has 2 heterocycles. The number of ether oxygens (including phenoxy) is 1. The van der Waals surface area contributed by atoms with Crippen molar-refractivity contribution in [1.82, 2.24) is 0 Å². The molecule has 30 heavy (non-hydrogen) atoms. The lowest BCUT2D eigenvalue weighted by molar-refractivity contribution is -0.139. The summed E-state index contributed by atoms with van der Waals surface area (Å²) in [4.78, 5) is 40.8. The summed E-state index contributed by atoms with van der Waals surface area (Å²) in [6.45, 7) is 1.43. The molecule has 2 aliphatic rings. The Kier molecular flexibility index (Phi) is 5.08. The Morgan fingerprint density at radius 3 is 2.40 bits per heavy atom. The van der Waals surface area contributed by atoms with Crippen LogP contribution in [-0.2, 0) is 14.4 Å². The zero-order valence-corrected chi connectivity index (χ0v) is 17.6. The molecule has 2 aliphatic heterocycles. The average molecular weight is 441 g/mol. The molecule has 0 spiro atoms. The van der Waals surface area contributed by atoms with Crippen LogP contribution < -0.4 is 14.5 Å². The molecule has 1 atom stereocenters. The van der Waals surface area contributed by atoms with E-state index in [0.29, 0.717) is 27.0 Å². The molecule has 0 aromatic heterocycles. The number of rotatable bonds is 4. The number of para-hydroxylation sites is 1. The van der Waals surface area contributed by atoms with Gasteiger partial charge in [-0.25, -0.2) is 4.79 Å². The van der Waals surface area contributed by atoms with E-state index in [2.05, 4.69) is 0 Å². The number of anilines is 2. The van der Waals surface area contributed by atoms with Crippen LogP contribution in [0.4, 0.5) is 11.4 Å². The number of benzene rings is 2. The van der Waals surface area contributed by atoms with Gasteiger partial charge >= 0.3 is 5.97 Å². The lowest BCUT2D eigenvalue weighted by Gasteiger charge is -2.21. The normalized spacial score (nSPS) is 19.3. The summed E-state index contributed by atoms with van der Waals surface area (Å²) in [7, 11) is 1.55. The zero-order chi connectivity index (χ0) is 21.6. The van der Waals surface area contributed by atoms with E-state index in [9.17, 15) is 19.5 Å². The highest BCUT2D eigenvalue weighted by atomic mass is 32.2. The number of carboxylic acid groups (broad SMARTS) is 1. The number of thioether (sulfide) groups is 1. The maximum Gasteiger partial charge on any atom is 0.326 e. The first-order valence-electron chi connectivity index (χ1n) is 8.95. The third kappa shape index (κ3) is 3.06. The number of thiocarbonyl (C=S) groups is 1. The molecule has 1 fully saturated rings. The second-order valence-corrected chi connectivity index (χ2v) is 8.26. The Balaban J connectivity index is 1.81. The second kappa shape index (κ2) is 7.58. The highest BCUT2D eigenvalue weighted by molar-refractivity contribution is 8.27. The summed E-state index contributed by atoms with van der Waals surface area (Å²) in [5, 5.41) is 9.44. The van der Waals surface area contributed by atoms with Gasteiger partial charge in [0.1, 0.15) is 11.8 Å². The molecule has 0 bridgehead atoms. The standard InChI is InChI=1S/C21H16N2O5S2/c1-11(20(26)27)22-15-6-4-3-5-14(15)16(18(22)24)17-19(25)23(21(29)30-17)12-7-9-13(28-2)10-8-12/h3-11H,1-2H3,(H,26,27). The quantitative estimate of drug-likeness (QED) is 0.577. The van der Waals surface area contributed by atoms with Crippen molar-refractivity contribution in [2.45, 2.75) is 13.0 Å². The number of carboxylic acids is 1. The molecule has 0 aliphatic carbocycles. The van der Waals surface area contributed by atoms with Gasteiger partial charge in [0, 0.05) is 5.56 Å². The fraction of sp³-hybridized carbons (Fsp3) is 0.143. The first-order valence-corrected chi connectivity index (χ1v) is 10.2. The maximum atomic E-state index is 13.3. The van der Waals surface area contributed by atoms with Crippen LogP contribution in [0.15, 0.2) is 53.4 Å². The number of carbonyl (C=O) groups is 3. The summed E-state index contributed by atoms with van der Waals surface area (Å²) in [6.07, 6.45) is 0. The maximum absolute atomic E-state index is 13.3. The van der Waals surface area contributed by atoms with Gasteiger partial charge in [0.15, 0.2) is 4.32 Å². The van der Waals surface area contributed by atoms with Crippen molar-refractivity contribution in [2.75, 3.05) is 16.9 Å². The molecule has 1 unspecified atom stereocenters. The summed E-state index contributed by atoms with van der Waals surface area (Å²) in [5.41, 5.74) is 1.71. The molecule has 2 amide bonds. The summed E-state index contributed by atoms with van der Waals surface area (Å²) in [6, 6.07) is 12.6. The Morgan fingerprint density at radius 2 is 1.77 bits per heavy atom. The van der Waals surface area contributed by atoms with Gasteiger partial charge in [0.25, 0.3) is 11.8 Å². The van der Waals surface area contributed by atoms with Gasteiger partial charge in [0.2, 0.25) is 0 Å². The van der Waals surface area contributed by atoms with Crippen molar-refractivity contribution in [2.24, 2.45) is 0 Å². The smallest absolute Gasteiger partial charge is 0.326 e. The van der Waals surface area contributed by atoms with E-state index in [0.717, 1.165) is 11.8 Å². The topological polar surface area (TPSA) is 87.2 Å². The van der Waals surface area contributed by atoms with E-state index in [4.69, 9.17) is 17.0 Å². The monoisotopic (exact) mass is 440 g/mol. The fourth-order valence-electron chi connectivity index (χ4n) is 3.43. The third-order valence-electron chi connectivity index (χ3n) is 4.94. The highest BCUT2D eigenvalue weighted by Crippen LogP contribution is 2.46. The van der Waals surface area contributed by atoms with Crippen LogP contribution in [0.25, 0.3) is 5.57 Å². The average Bonchev–Trinajstić information content (AvgIpc) is 3.19. The molecule has 1 saturated heterocycles. The number of aliphatic carboxylic acids is 1. The SMILES string of the molecule is COc1ccc(N2C(=O)C(=C3C(=O)N(C(C)C(=O)O)c4ccccc43)SC2=S)cc1. The molecule has 0 saturated carbocycles. The van der Waals surface area contributed by atoms with Gasteiger partial charge in [-0.15, -0.1) is 0 Å². The number of nitrogens with zero attached hydrogens (tertiary/aromatic N) is 2. The Morgan fingerprint density at radius 1 is 1.10 bits per heavy atom. The summed E-state index contributed by atoms with van der Waals surface area (Å²) >= 11 is 6.45. The van der Waals surface area contributed by atoms with Crippen LogP contribution in [0.1, 0.15) is 12.5 Å². The Hall–Kier alpha value is -3.17. The molecular formula is C21H16N2O5S2. The van der Waals surface area contributed by atoms with E-state index in [1.165, 1.54) is 16.7 Å². The van der Waals surface area contributed by atoms with Gasteiger partial charge in [-0.1, -0.05) is 42.2 Å². The zero-order valence-electron chi connectivity index (χ0n) is 16.0. The Labute approximate surface area is 181 Å². The van der Waals surface area contributed by atoms with E-state index in [-0.39, 0.29) is 10.5 Å². The van der Waals surface area contributed by atoms with Crippen molar-refractivity contribution < 1.29 is 24.2 Å². The minimum atomic E-state index is -1.13. The lowest BCUT2D eigenvalue weighted by Crippen LogP contribution is -2.41. The van der Waals surface area contributed by atoms with Crippen LogP contribution in [0, 0.1) is 0 Å². The number of fused-ring (bicyclic) bond motifs is 1. The first-order chi connectivity index (χ1) is 14.3. The number of amides is 2. The van der Waals surface area contributed by atoms with Gasteiger partial charge in [0.05, 0.1) is 29.0 Å². The molecule has 9 heteroatoms. The van der Waals surface area contributed by atoms with Crippen LogP contribution >= 0.6 is 24.0 Å². The molecule has 152 valence electrons. The molecule has 2 aromatic rings. The minimum absolute atomic E-state index is 0.173. The van der Waals surface area contributed by atoms with E-state index < -0.39 is 23.8 Å². The predicted molar refractivity (Wildman–Crippen MR) is 119 cm³/mol. The second-order valence-electron chi connectivity index (χ2n) is 6.62. The fourth-order valence-corrected chi connectivity index (χ4v) is 4.80. The van der Waals surface area contributed by atoms with Gasteiger partial charge in [-0.3, -0.25) is 19.4 Å². The number of hydrogen-bond donors (Lipinski definition) is 1. The van der Waals surface area contributed by atoms with Crippen molar-refractivity contribution >= 4 is 63.0 Å². The first kappa shape index (κ1) is 20.1. The molecule has 2 aromatic carbocycles. The van der Waals surface area contributed by atoms with E-state index >= 15 is 0 Å². The van der Waals surface area contributed by atoms with Crippen molar-refractivity contribution in [3.05, 3.63) is 59.0 Å². The van der Waals surface area contributed by atoms with Crippen molar-refractivity contribution in [3.63, 3.8) is 0 Å². The number of carbonyl (C=O) groups excluding carboxylic acids is 2. The molecule has 4 rings (SSSR count).